The topological polar surface area (TPSA) is 96.9 Å². The number of nitrogens with zero attached hydrogens (tertiary/aromatic N) is 1. The Labute approximate surface area is 116 Å². The van der Waals surface area contributed by atoms with E-state index in [0.717, 1.165) is 6.07 Å². The van der Waals surface area contributed by atoms with Crippen molar-refractivity contribution < 1.29 is 19.1 Å². The number of carbonyl (C=O) groups is 1. The van der Waals surface area contributed by atoms with E-state index in [0.29, 0.717) is 12.3 Å². The van der Waals surface area contributed by atoms with E-state index in [9.17, 15) is 9.18 Å². The Morgan fingerprint density at radius 2 is 2.30 bits per heavy atom. The number of methoxy groups -OCH3 is 1. The highest BCUT2D eigenvalue weighted by atomic mass is 19.1. The first kappa shape index (κ1) is 15.9. The molecule has 0 aliphatic carbocycles. The molecule has 0 fully saturated rings. The van der Waals surface area contributed by atoms with Crippen LogP contribution in [0.4, 0.5) is 10.1 Å². The summed E-state index contributed by atoms with van der Waals surface area (Å²) < 4.78 is 18.4. The van der Waals surface area contributed by atoms with Gasteiger partial charge in [0, 0.05) is 25.8 Å². The van der Waals surface area contributed by atoms with Crippen molar-refractivity contribution in [3.63, 3.8) is 0 Å². The van der Waals surface area contributed by atoms with Crippen LogP contribution in [-0.2, 0) is 9.53 Å². The number of benzene rings is 1. The predicted molar refractivity (Wildman–Crippen MR) is 73.2 cm³/mol. The molecule has 1 rings (SSSR count). The second-order valence-electron chi connectivity index (χ2n) is 4.49. The second kappa shape index (κ2) is 7.44. The van der Waals surface area contributed by atoms with Gasteiger partial charge < -0.3 is 21.0 Å². The maximum Gasteiger partial charge on any atom is 0.224 e. The second-order valence-corrected chi connectivity index (χ2v) is 4.49. The van der Waals surface area contributed by atoms with Gasteiger partial charge in [0.05, 0.1) is 5.56 Å². The van der Waals surface area contributed by atoms with Crippen LogP contribution in [0, 0.1) is 11.7 Å². The monoisotopic (exact) mass is 283 g/mol. The molecule has 0 saturated carbocycles. The Morgan fingerprint density at radius 1 is 1.60 bits per heavy atom. The molecule has 4 N–H and O–H groups in total. The van der Waals surface area contributed by atoms with E-state index in [-0.39, 0.29) is 29.6 Å². The number of nitrogens with one attached hydrogen (secondary N) is 1. The summed E-state index contributed by atoms with van der Waals surface area (Å²) in [5.41, 5.74) is 5.65. The van der Waals surface area contributed by atoms with Gasteiger partial charge >= 0.3 is 0 Å². The first-order valence-electron chi connectivity index (χ1n) is 6.04. The number of ether oxygens (including phenoxy) is 1. The van der Waals surface area contributed by atoms with E-state index >= 15 is 0 Å². The minimum atomic E-state index is -0.633. The average molecular weight is 283 g/mol. The normalized spacial score (nSPS) is 13.1. The van der Waals surface area contributed by atoms with Gasteiger partial charge in [-0.05, 0) is 24.1 Å². The van der Waals surface area contributed by atoms with Crippen LogP contribution < -0.4 is 11.1 Å². The van der Waals surface area contributed by atoms with Crippen molar-refractivity contribution in [2.24, 2.45) is 16.8 Å². The molecule has 0 bridgehead atoms. The molecule has 1 atom stereocenters. The number of nitrogens with two attached hydrogens (primary N) is 1. The fourth-order valence-corrected chi connectivity index (χ4v) is 1.73. The van der Waals surface area contributed by atoms with Crippen LogP contribution in [0.15, 0.2) is 23.4 Å². The molecule has 1 unspecified atom stereocenters. The SMILES string of the molecule is COCC(C)CC(=O)Nc1ccc(F)c(/C(N)=N/O)c1. The van der Waals surface area contributed by atoms with Gasteiger partial charge in [-0.2, -0.15) is 0 Å². The lowest BCUT2D eigenvalue weighted by atomic mass is 10.1. The summed E-state index contributed by atoms with van der Waals surface area (Å²) in [7, 11) is 1.57. The van der Waals surface area contributed by atoms with Crippen molar-refractivity contribution in [3.8, 4) is 0 Å². The third-order valence-electron chi connectivity index (χ3n) is 2.62. The number of rotatable bonds is 6. The minimum Gasteiger partial charge on any atom is -0.409 e. The van der Waals surface area contributed by atoms with Crippen LogP contribution >= 0.6 is 0 Å². The molecule has 1 amide bonds. The smallest absolute Gasteiger partial charge is 0.224 e. The standard InChI is InChI=1S/C13H18FN3O3/c1-8(7-20-2)5-12(18)16-9-3-4-11(14)10(6-9)13(15)17-19/h3-4,6,8,19H,5,7H2,1-2H3,(H2,15,17)(H,16,18). The Bertz CT molecular complexity index is 506. The number of amidine groups is 1. The van der Waals surface area contributed by atoms with Gasteiger partial charge in [-0.15, -0.1) is 0 Å². The number of hydrogen-bond donors (Lipinski definition) is 3. The molecule has 0 aliphatic heterocycles. The Morgan fingerprint density at radius 3 is 2.90 bits per heavy atom. The highest BCUT2D eigenvalue weighted by Crippen LogP contribution is 2.15. The van der Waals surface area contributed by atoms with Gasteiger partial charge in [-0.1, -0.05) is 12.1 Å². The molecule has 7 heteroatoms. The molecule has 0 aromatic heterocycles. The largest absolute Gasteiger partial charge is 0.409 e. The molecule has 0 heterocycles. The van der Waals surface area contributed by atoms with E-state index < -0.39 is 5.82 Å². The van der Waals surface area contributed by atoms with E-state index in [2.05, 4.69) is 10.5 Å². The minimum absolute atomic E-state index is 0.0731. The highest BCUT2D eigenvalue weighted by Gasteiger charge is 2.12. The van der Waals surface area contributed by atoms with Gasteiger partial charge in [0.25, 0.3) is 0 Å². The number of hydrogen-bond acceptors (Lipinski definition) is 4. The summed E-state index contributed by atoms with van der Waals surface area (Å²) in [5, 5.41) is 13.9. The Balaban J connectivity index is 2.76. The molecule has 6 nitrogen and oxygen atoms in total. The first-order valence-corrected chi connectivity index (χ1v) is 6.04. The molecule has 1 aromatic rings. The van der Waals surface area contributed by atoms with Gasteiger partial charge in [0.1, 0.15) is 5.82 Å². The molecule has 0 radical (unpaired) electrons. The summed E-state index contributed by atoms with van der Waals surface area (Å²) in [6, 6.07) is 3.85. The average Bonchev–Trinajstić information content (AvgIpc) is 2.40. The molecule has 0 spiro atoms. The predicted octanol–water partition coefficient (Wildman–Crippen LogP) is 1.53. The van der Waals surface area contributed by atoms with E-state index in [1.165, 1.54) is 12.1 Å². The number of anilines is 1. The van der Waals surface area contributed by atoms with Crippen molar-refractivity contribution in [1.82, 2.24) is 0 Å². The Kier molecular flexibility index (Phi) is 5.92. The number of halogens is 1. The highest BCUT2D eigenvalue weighted by molar-refractivity contribution is 5.99. The zero-order valence-electron chi connectivity index (χ0n) is 11.4. The van der Waals surface area contributed by atoms with Crippen LogP contribution in [0.1, 0.15) is 18.9 Å². The van der Waals surface area contributed by atoms with Crippen LogP contribution in [0.25, 0.3) is 0 Å². The van der Waals surface area contributed by atoms with Crippen molar-refractivity contribution in [3.05, 3.63) is 29.6 Å². The van der Waals surface area contributed by atoms with Crippen molar-refractivity contribution >= 4 is 17.4 Å². The lowest BCUT2D eigenvalue weighted by molar-refractivity contribution is -0.117. The van der Waals surface area contributed by atoms with Crippen LogP contribution in [0.2, 0.25) is 0 Å². The van der Waals surface area contributed by atoms with Gasteiger partial charge in [-0.3, -0.25) is 4.79 Å². The molecule has 110 valence electrons. The molecule has 20 heavy (non-hydrogen) atoms. The van der Waals surface area contributed by atoms with Crippen molar-refractivity contribution in [1.29, 1.82) is 0 Å². The quantitative estimate of drug-likeness (QED) is 0.319. The van der Waals surface area contributed by atoms with E-state index in [1.807, 2.05) is 6.92 Å². The zero-order chi connectivity index (χ0) is 15.1. The fourth-order valence-electron chi connectivity index (χ4n) is 1.73. The van der Waals surface area contributed by atoms with Gasteiger partial charge in [0.15, 0.2) is 5.84 Å². The van der Waals surface area contributed by atoms with E-state index in [4.69, 9.17) is 15.7 Å². The summed E-state index contributed by atoms with van der Waals surface area (Å²) in [6.45, 7) is 2.36. The summed E-state index contributed by atoms with van der Waals surface area (Å²) in [4.78, 5) is 11.8. The summed E-state index contributed by atoms with van der Waals surface area (Å²) >= 11 is 0. The number of amides is 1. The number of oxime groups is 1. The Hall–Kier alpha value is -2.15. The maximum absolute atomic E-state index is 13.5. The van der Waals surface area contributed by atoms with Gasteiger partial charge in [-0.25, -0.2) is 4.39 Å². The first-order chi connectivity index (χ1) is 9.47. The molecule has 0 aliphatic rings. The van der Waals surface area contributed by atoms with Gasteiger partial charge in [0.2, 0.25) is 5.91 Å². The molecular formula is C13H18FN3O3. The summed E-state index contributed by atoms with van der Waals surface area (Å²) in [6.07, 6.45) is 0.282. The third kappa shape index (κ3) is 4.51. The molecular weight excluding hydrogens is 265 g/mol. The lowest BCUT2D eigenvalue weighted by Crippen LogP contribution is -2.19. The molecule has 1 aromatic carbocycles. The summed E-state index contributed by atoms with van der Waals surface area (Å²) in [5.74, 6) is -1.13. The van der Waals surface area contributed by atoms with Crippen molar-refractivity contribution in [2.45, 2.75) is 13.3 Å². The lowest BCUT2D eigenvalue weighted by Gasteiger charge is -2.11. The van der Waals surface area contributed by atoms with Crippen LogP contribution in [0.5, 0.6) is 0 Å². The third-order valence-corrected chi connectivity index (χ3v) is 2.62. The number of carbonyl (C=O) groups excluding carboxylic acids is 1. The zero-order valence-corrected chi connectivity index (χ0v) is 11.4. The fraction of sp³-hybridized carbons (Fsp3) is 0.385. The van der Waals surface area contributed by atoms with Crippen molar-refractivity contribution in [2.75, 3.05) is 19.0 Å². The molecule has 0 saturated heterocycles. The van der Waals surface area contributed by atoms with Crippen LogP contribution in [-0.4, -0.2) is 30.7 Å². The van der Waals surface area contributed by atoms with Crippen LogP contribution in [0.3, 0.4) is 0 Å². The maximum atomic E-state index is 13.5. The van der Waals surface area contributed by atoms with E-state index in [1.54, 1.807) is 7.11 Å².